The number of hydrogen-bond acceptors (Lipinski definition) is 3. The number of rotatable bonds is 2. The fourth-order valence-corrected chi connectivity index (χ4v) is 2.82. The zero-order chi connectivity index (χ0) is 13.3. The van der Waals surface area contributed by atoms with Crippen LogP contribution < -0.4 is 4.90 Å². The maximum absolute atomic E-state index is 9.45. The topological polar surface area (TPSA) is 26.7 Å². The van der Waals surface area contributed by atoms with Crippen molar-refractivity contribution in [1.29, 1.82) is 0 Å². The third kappa shape index (κ3) is 2.63. The Hall–Kier alpha value is -0.770. The first-order valence-electron chi connectivity index (χ1n) is 6.28. The third-order valence-corrected chi connectivity index (χ3v) is 3.98. The number of hydrogen-bond donors (Lipinski definition) is 1. The molecule has 1 atom stereocenters. The average molecular weight is 269 g/mol. The normalized spacial score (nSPS) is 24.3. The van der Waals surface area contributed by atoms with Gasteiger partial charge in [0.25, 0.3) is 0 Å². The van der Waals surface area contributed by atoms with Gasteiger partial charge in [-0.15, -0.1) is 0 Å². The molecule has 18 heavy (non-hydrogen) atoms. The SMILES string of the molecule is CN1CC(C)(C)N(c2ccc(Cl)cc2)CC1CO. The minimum Gasteiger partial charge on any atom is -0.395 e. The summed E-state index contributed by atoms with van der Waals surface area (Å²) in [5.41, 5.74) is 1.21. The van der Waals surface area contributed by atoms with E-state index in [0.29, 0.717) is 0 Å². The number of anilines is 1. The minimum absolute atomic E-state index is 0.0499. The lowest BCUT2D eigenvalue weighted by molar-refractivity contribution is 0.0980. The van der Waals surface area contributed by atoms with Gasteiger partial charge in [0.2, 0.25) is 0 Å². The zero-order valence-corrected chi connectivity index (χ0v) is 12.0. The van der Waals surface area contributed by atoms with Crippen LogP contribution in [-0.2, 0) is 0 Å². The predicted octanol–water partition coefficient (Wildman–Crippen LogP) is 2.23. The highest BCUT2D eigenvalue weighted by molar-refractivity contribution is 6.30. The lowest BCUT2D eigenvalue weighted by Crippen LogP contribution is -2.63. The summed E-state index contributed by atoms with van der Waals surface area (Å²) in [4.78, 5) is 4.58. The van der Waals surface area contributed by atoms with Gasteiger partial charge in [-0.25, -0.2) is 0 Å². The molecule has 0 spiro atoms. The van der Waals surface area contributed by atoms with Crippen LogP contribution in [0.2, 0.25) is 5.02 Å². The summed E-state index contributed by atoms with van der Waals surface area (Å²) < 4.78 is 0. The Kier molecular flexibility index (Phi) is 3.85. The smallest absolute Gasteiger partial charge is 0.0604 e. The van der Waals surface area contributed by atoms with Gasteiger partial charge in [-0.05, 0) is 45.2 Å². The molecule has 0 amide bonds. The van der Waals surface area contributed by atoms with Crippen molar-refractivity contribution in [1.82, 2.24) is 4.90 Å². The third-order valence-electron chi connectivity index (χ3n) is 3.73. The van der Waals surface area contributed by atoms with Crippen LogP contribution in [-0.4, -0.2) is 48.3 Å². The second-order valence-corrected chi connectivity index (χ2v) is 6.09. The molecule has 0 aromatic heterocycles. The van der Waals surface area contributed by atoms with Crippen LogP contribution >= 0.6 is 11.6 Å². The van der Waals surface area contributed by atoms with Crippen molar-refractivity contribution >= 4 is 17.3 Å². The number of piperazine rings is 1. The molecule has 1 unspecified atom stereocenters. The van der Waals surface area contributed by atoms with Gasteiger partial charge < -0.3 is 10.0 Å². The van der Waals surface area contributed by atoms with E-state index in [4.69, 9.17) is 11.6 Å². The van der Waals surface area contributed by atoms with Gasteiger partial charge in [-0.1, -0.05) is 11.6 Å². The molecular formula is C14H21ClN2O. The Morgan fingerprint density at radius 2 is 1.94 bits per heavy atom. The molecule has 1 saturated heterocycles. The molecule has 3 nitrogen and oxygen atoms in total. The summed E-state index contributed by atoms with van der Waals surface area (Å²) in [5, 5.41) is 10.2. The van der Waals surface area contributed by atoms with Crippen LogP contribution in [0.5, 0.6) is 0 Å². The number of halogens is 1. The molecule has 1 aromatic carbocycles. The van der Waals surface area contributed by atoms with E-state index in [1.165, 1.54) is 0 Å². The number of benzene rings is 1. The van der Waals surface area contributed by atoms with Crippen LogP contribution in [0.4, 0.5) is 5.69 Å². The van der Waals surface area contributed by atoms with Crippen molar-refractivity contribution in [2.24, 2.45) is 0 Å². The van der Waals surface area contributed by atoms with Crippen molar-refractivity contribution in [3.63, 3.8) is 0 Å². The molecule has 0 radical (unpaired) electrons. The van der Waals surface area contributed by atoms with Crippen LogP contribution in [0, 0.1) is 0 Å². The maximum atomic E-state index is 9.45. The monoisotopic (exact) mass is 268 g/mol. The highest BCUT2D eigenvalue weighted by atomic mass is 35.5. The van der Waals surface area contributed by atoms with Crippen molar-refractivity contribution in [3.8, 4) is 0 Å². The fourth-order valence-electron chi connectivity index (χ4n) is 2.70. The Labute approximate surface area is 114 Å². The highest BCUT2D eigenvalue weighted by Gasteiger charge is 2.37. The molecular weight excluding hydrogens is 248 g/mol. The predicted molar refractivity (Wildman–Crippen MR) is 76.4 cm³/mol. The van der Waals surface area contributed by atoms with E-state index in [-0.39, 0.29) is 18.2 Å². The number of nitrogens with zero attached hydrogens (tertiary/aromatic N) is 2. The van der Waals surface area contributed by atoms with Gasteiger partial charge in [0.1, 0.15) is 0 Å². The molecule has 1 N–H and O–H groups in total. The summed E-state index contributed by atoms with van der Waals surface area (Å²) in [6, 6.07) is 8.11. The van der Waals surface area contributed by atoms with Gasteiger partial charge in [0.15, 0.2) is 0 Å². The molecule has 1 aromatic rings. The summed E-state index contributed by atoms with van der Waals surface area (Å²) in [6.45, 7) is 6.41. The zero-order valence-electron chi connectivity index (χ0n) is 11.2. The summed E-state index contributed by atoms with van der Waals surface area (Å²) in [5.74, 6) is 0. The Morgan fingerprint density at radius 1 is 1.33 bits per heavy atom. The molecule has 100 valence electrons. The van der Waals surface area contributed by atoms with Gasteiger partial charge >= 0.3 is 0 Å². The molecule has 1 aliphatic heterocycles. The van der Waals surface area contributed by atoms with E-state index in [9.17, 15) is 5.11 Å². The molecule has 0 bridgehead atoms. The van der Waals surface area contributed by atoms with Gasteiger partial charge in [0, 0.05) is 29.3 Å². The van der Waals surface area contributed by atoms with E-state index in [0.717, 1.165) is 23.8 Å². The summed E-state index contributed by atoms with van der Waals surface area (Å²) >= 11 is 5.93. The molecule has 0 aliphatic carbocycles. The standard InChI is InChI=1S/C14H21ClN2O/c1-14(2)10-16(3)13(9-18)8-17(14)12-6-4-11(15)5-7-12/h4-7,13,18H,8-10H2,1-3H3. The van der Waals surface area contributed by atoms with Crippen molar-refractivity contribution in [2.75, 3.05) is 31.6 Å². The van der Waals surface area contributed by atoms with Crippen LogP contribution in [0.15, 0.2) is 24.3 Å². The quantitative estimate of drug-likeness (QED) is 0.891. The average Bonchev–Trinajstić information content (AvgIpc) is 2.30. The van der Waals surface area contributed by atoms with E-state index in [2.05, 4.69) is 30.7 Å². The minimum atomic E-state index is 0.0499. The fraction of sp³-hybridized carbons (Fsp3) is 0.571. The van der Waals surface area contributed by atoms with Crippen molar-refractivity contribution in [2.45, 2.75) is 25.4 Å². The maximum Gasteiger partial charge on any atom is 0.0604 e. The molecule has 0 saturated carbocycles. The van der Waals surface area contributed by atoms with Crippen LogP contribution in [0.25, 0.3) is 0 Å². The van der Waals surface area contributed by atoms with Gasteiger partial charge in [-0.3, -0.25) is 4.90 Å². The van der Waals surface area contributed by atoms with E-state index < -0.39 is 0 Å². The number of aliphatic hydroxyl groups excluding tert-OH is 1. The lowest BCUT2D eigenvalue weighted by Gasteiger charge is -2.51. The van der Waals surface area contributed by atoms with E-state index in [1.54, 1.807) is 0 Å². The van der Waals surface area contributed by atoms with E-state index in [1.807, 2.05) is 24.3 Å². The van der Waals surface area contributed by atoms with E-state index >= 15 is 0 Å². The Balaban J connectivity index is 2.26. The summed E-state index contributed by atoms with van der Waals surface area (Å²) in [7, 11) is 2.07. The largest absolute Gasteiger partial charge is 0.395 e. The van der Waals surface area contributed by atoms with Crippen molar-refractivity contribution < 1.29 is 5.11 Å². The molecule has 2 rings (SSSR count). The van der Waals surface area contributed by atoms with Crippen LogP contribution in [0.3, 0.4) is 0 Å². The molecule has 1 fully saturated rings. The number of likely N-dealkylation sites (N-methyl/N-ethyl adjacent to an activating group) is 1. The van der Waals surface area contributed by atoms with Crippen molar-refractivity contribution in [3.05, 3.63) is 29.3 Å². The first-order chi connectivity index (χ1) is 8.44. The summed E-state index contributed by atoms with van der Waals surface area (Å²) in [6.07, 6.45) is 0. The molecule has 1 aliphatic rings. The van der Waals surface area contributed by atoms with Gasteiger partial charge in [-0.2, -0.15) is 0 Å². The highest BCUT2D eigenvalue weighted by Crippen LogP contribution is 2.30. The first kappa shape index (κ1) is 13.7. The first-order valence-corrected chi connectivity index (χ1v) is 6.66. The van der Waals surface area contributed by atoms with Gasteiger partial charge in [0.05, 0.1) is 12.6 Å². The second kappa shape index (κ2) is 5.08. The second-order valence-electron chi connectivity index (χ2n) is 5.65. The lowest BCUT2D eigenvalue weighted by atomic mass is 9.95. The Morgan fingerprint density at radius 3 is 2.50 bits per heavy atom. The number of aliphatic hydroxyl groups is 1. The molecule has 4 heteroatoms. The van der Waals surface area contributed by atoms with Crippen LogP contribution in [0.1, 0.15) is 13.8 Å². The Bertz CT molecular complexity index is 405. The molecule has 1 heterocycles.